The van der Waals surface area contributed by atoms with Crippen molar-refractivity contribution in [2.75, 3.05) is 51.4 Å². The van der Waals surface area contributed by atoms with Crippen molar-refractivity contribution >= 4 is 23.2 Å². The molecule has 1 N–H and O–H groups in total. The molecule has 0 atom stereocenters. The van der Waals surface area contributed by atoms with Crippen LogP contribution in [0, 0.1) is 0 Å². The van der Waals surface area contributed by atoms with Gasteiger partial charge in [0, 0.05) is 36.9 Å². The van der Waals surface area contributed by atoms with Gasteiger partial charge in [0.15, 0.2) is 0 Å². The van der Waals surface area contributed by atoms with Crippen molar-refractivity contribution in [2.45, 2.75) is 0 Å². The maximum atomic E-state index is 12.4. The molecule has 1 aromatic rings. The third-order valence-corrected chi connectivity index (χ3v) is 3.98. The Kier molecular flexibility index (Phi) is 4.10. The zero-order valence-electron chi connectivity index (χ0n) is 11.3. The van der Waals surface area contributed by atoms with E-state index in [0.717, 1.165) is 45.1 Å². The summed E-state index contributed by atoms with van der Waals surface area (Å²) < 4.78 is 5.32. The number of rotatable bonds is 3. The van der Waals surface area contributed by atoms with Gasteiger partial charge in [-0.2, -0.15) is 0 Å². The molecule has 0 bridgehead atoms. The van der Waals surface area contributed by atoms with Gasteiger partial charge < -0.3 is 15.0 Å². The second-order valence-corrected chi connectivity index (χ2v) is 5.48. The summed E-state index contributed by atoms with van der Waals surface area (Å²) in [5.41, 5.74) is 1.52. The van der Waals surface area contributed by atoms with Crippen LogP contribution in [-0.4, -0.2) is 61.8 Å². The van der Waals surface area contributed by atoms with E-state index in [4.69, 9.17) is 16.3 Å². The molecule has 3 rings (SSSR count). The topological polar surface area (TPSA) is 44.8 Å². The van der Waals surface area contributed by atoms with Gasteiger partial charge in [-0.3, -0.25) is 9.69 Å². The fraction of sp³-hybridized carbons (Fsp3) is 0.500. The third-order valence-electron chi connectivity index (χ3n) is 3.75. The average molecular weight is 296 g/mol. The predicted molar refractivity (Wildman–Crippen MR) is 78.2 cm³/mol. The molecule has 0 spiro atoms. The van der Waals surface area contributed by atoms with Gasteiger partial charge in [0.2, 0.25) is 0 Å². The number of hydrogen-bond acceptors (Lipinski definition) is 4. The summed E-state index contributed by atoms with van der Waals surface area (Å²) in [6, 6.07) is 5.38. The highest BCUT2D eigenvalue weighted by Gasteiger charge is 2.24. The van der Waals surface area contributed by atoms with Crippen molar-refractivity contribution in [3.8, 4) is 0 Å². The maximum Gasteiger partial charge on any atom is 0.257 e. The molecule has 0 radical (unpaired) electrons. The van der Waals surface area contributed by atoms with Crippen LogP contribution in [0.1, 0.15) is 10.4 Å². The SMILES string of the molecule is O=C1c2cc(Cl)ccc2NCN1CCN1CCOCC1. The molecule has 1 aromatic carbocycles. The van der Waals surface area contributed by atoms with Crippen molar-refractivity contribution < 1.29 is 9.53 Å². The molecule has 2 aliphatic heterocycles. The zero-order valence-corrected chi connectivity index (χ0v) is 12.0. The Bertz CT molecular complexity index is 503. The standard InChI is InChI=1S/C14H18ClN3O2/c15-11-1-2-13-12(9-11)14(19)18(10-16-13)4-3-17-5-7-20-8-6-17/h1-2,9,16H,3-8,10H2. The van der Waals surface area contributed by atoms with Gasteiger partial charge in [-0.25, -0.2) is 0 Å². The van der Waals surface area contributed by atoms with E-state index < -0.39 is 0 Å². The highest BCUT2D eigenvalue weighted by molar-refractivity contribution is 6.31. The fourth-order valence-corrected chi connectivity index (χ4v) is 2.71. The first-order valence-electron chi connectivity index (χ1n) is 6.87. The predicted octanol–water partition coefficient (Wildman–Crippen LogP) is 1.50. The van der Waals surface area contributed by atoms with E-state index in [1.807, 2.05) is 11.0 Å². The maximum absolute atomic E-state index is 12.4. The first-order valence-corrected chi connectivity index (χ1v) is 7.24. The molecule has 1 fully saturated rings. The Morgan fingerprint density at radius 1 is 1.25 bits per heavy atom. The van der Waals surface area contributed by atoms with Crippen molar-refractivity contribution in [3.05, 3.63) is 28.8 Å². The van der Waals surface area contributed by atoms with Gasteiger partial charge in [-0.15, -0.1) is 0 Å². The summed E-state index contributed by atoms with van der Waals surface area (Å²) in [4.78, 5) is 16.6. The van der Waals surface area contributed by atoms with Crippen LogP contribution in [0.4, 0.5) is 5.69 Å². The summed E-state index contributed by atoms with van der Waals surface area (Å²) in [6.07, 6.45) is 0. The summed E-state index contributed by atoms with van der Waals surface area (Å²) in [7, 11) is 0. The minimum absolute atomic E-state index is 0.0505. The second-order valence-electron chi connectivity index (χ2n) is 5.05. The van der Waals surface area contributed by atoms with Gasteiger partial charge in [-0.05, 0) is 18.2 Å². The van der Waals surface area contributed by atoms with Crippen LogP contribution < -0.4 is 5.32 Å². The average Bonchev–Trinajstić information content (AvgIpc) is 2.48. The van der Waals surface area contributed by atoms with Gasteiger partial charge >= 0.3 is 0 Å². The van der Waals surface area contributed by atoms with Crippen LogP contribution in [0.15, 0.2) is 18.2 Å². The van der Waals surface area contributed by atoms with E-state index in [2.05, 4.69) is 10.2 Å². The van der Waals surface area contributed by atoms with Crippen molar-refractivity contribution in [3.63, 3.8) is 0 Å². The molecule has 5 nitrogen and oxygen atoms in total. The van der Waals surface area contributed by atoms with Crippen LogP contribution in [0.2, 0.25) is 5.02 Å². The first kappa shape index (κ1) is 13.7. The van der Waals surface area contributed by atoms with Crippen LogP contribution in [-0.2, 0) is 4.74 Å². The molecule has 6 heteroatoms. The Morgan fingerprint density at radius 3 is 2.85 bits per heavy atom. The van der Waals surface area contributed by atoms with E-state index in [1.165, 1.54) is 0 Å². The number of benzene rings is 1. The molecule has 0 aliphatic carbocycles. The summed E-state index contributed by atoms with van der Waals surface area (Å²) in [5, 5.41) is 3.85. The Labute approximate surface area is 123 Å². The quantitative estimate of drug-likeness (QED) is 0.918. The molecule has 2 heterocycles. The zero-order chi connectivity index (χ0) is 13.9. The molecule has 0 unspecified atom stereocenters. The van der Waals surface area contributed by atoms with Crippen LogP contribution in [0.3, 0.4) is 0 Å². The van der Waals surface area contributed by atoms with Crippen molar-refractivity contribution in [2.24, 2.45) is 0 Å². The molecule has 20 heavy (non-hydrogen) atoms. The number of nitrogens with zero attached hydrogens (tertiary/aromatic N) is 2. The first-order chi connectivity index (χ1) is 9.74. The minimum Gasteiger partial charge on any atom is -0.379 e. The molecule has 0 saturated carbocycles. The monoisotopic (exact) mass is 295 g/mol. The molecule has 0 aromatic heterocycles. The van der Waals surface area contributed by atoms with Crippen molar-refractivity contribution in [1.82, 2.24) is 9.80 Å². The lowest BCUT2D eigenvalue weighted by Crippen LogP contribution is -2.46. The normalized spacial score (nSPS) is 19.6. The van der Waals surface area contributed by atoms with E-state index in [0.29, 0.717) is 17.3 Å². The molecule has 108 valence electrons. The largest absolute Gasteiger partial charge is 0.379 e. The summed E-state index contributed by atoms with van der Waals surface area (Å²) >= 11 is 5.97. The third kappa shape index (κ3) is 2.90. The Hall–Kier alpha value is -1.30. The summed E-state index contributed by atoms with van der Waals surface area (Å²) in [5.74, 6) is 0.0505. The van der Waals surface area contributed by atoms with E-state index in [1.54, 1.807) is 12.1 Å². The van der Waals surface area contributed by atoms with E-state index in [-0.39, 0.29) is 5.91 Å². The second kappa shape index (κ2) is 5.99. The van der Waals surface area contributed by atoms with E-state index >= 15 is 0 Å². The number of ether oxygens (including phenoxy) is 1. The number of fused-ring (bicyclic) bond motifs is 1. The fourth-order valence-electron chi connectivity index (χ4n) is 2.54. The number of carbonyl (C=O) groups excluding carboxylic acids is 1. The number of nitrogens with one attached hydrogen (secondary N) is 1. The molecular formula is C14H18ClN3O2. The van der Waals surface area contributed by atoms with Gasteiger partial charge in [-0.1, -0.05) is 11.6 Å². The van der Waals surface area contributed by atoms with Crippen molar-refractivity contribution in [1.29, 1.82) is 0 Å². The molecular weight excluding hydrogens is 278 g/mol. The van der Waals surface area contributed by atoms with E-state index in [9.17, 15) is 4.79 Å². The Morgan fingerprint density at radius 2 is 2.05 bits per heavy atom. The lowest BCUT2D eigenvalue weighted by atomic mass is 10.1. The number of halogens is 1. The van der Waals surface area contributed by atoms with Crippen LogP contribution in [0.25, 0.3) is 0 Å². The lowest BCUT2D eigenvalue weighted by molar-refractivity contribution is 0.0327. The number of morpholine rings is 1. The smallest absolute Gasteiger partial charge is 0.257 e. The number of hydrogen-bond donors (Lipinski definition) is 1. The number of anilines is 1. The number of carbonyl (C=O) groups is 1. The highest BCUT2D eigenvalue weighted by Crippen LogP contribution is 2.25. The molecule has 2 aliphatic rings. The minimum atomic E-state index is 0.0505. The van der Waals surface area contributed by atoms with Crippen LogP contribution in [0.5, 0.6) is 0 Å². The molecule has 1 saturated heterocycles. The molecule has 1 amide bonds. The Balaban J connectivity index is 1.63. The van der Waals surface area contributed by atoms with Gasteiger partial charge in [0.05, 0.1) is 25.4 Å². The van der Waals surface area contributed by atoms with Crippen LogP contribution >= 0.6 is 11.6 Å². The van der Waals surface area contributed by atoms with Gasteiger partial charge in [0.1, 0.15) is 0 Å². The number of amides is 1. The highest BCUT2D eigenvalue weighted by atomic mass is 35.5. The lowest BCUT2D eigenvalue weighted by Gasteiger charge is -2.33. The summed E-state index contributed by atoms with van der Waals surface area (Å²) in [6.45, 7) is 5.60. The van der Waals surface area contributed by atoms with Gasteiger partial charge in [0.25, 0.3) is 5.91 Å².